The molecule has 0 fully saturated rings. The maximum Gasteiger partial charge on any atom is -0.00137 e. The molecule has 0 heteroatoms. The molecule has 6 rings (SSSR count). The van der Waals surface area contributed by atoms with Crippen LogP contribution in [0.1, 0.15) is 5.56 Å². The van der Waals surface area contributed by atoms with Gasteiger partial charge in [0.15, 0.2) is 0 Å². The zero-order valence-corrected chi connectivity index (χ0v) is 12.9. The highest BCUT2D eigenvalue weighted by Crippen LogP contribution is 2.51. The molecule has 0 atom stereocenters. The van der Waals surface area contributed by atoms with Gasteiger partial charge in [-0.1, -0.05) is 60.7 Å². The Morgan fingerprint density at radius 1 is 0.522 bits per heavy atom. The number of benzene rings is 5. The van der Waals surface area contributed by atoms with E-state index in [9.17, 15) is 0 Å². The number of hydrogen-bond acceptors (Lipinski definition) is 0. The van der Waals surface area contributed by atoms with Crippen molar-refractivity contribution in [1.82, 2.24) is 0 Å². The largest absolute Gasteiger partial charge is 0.0616 e. The van der Waals surface area contributed by atoms with Gasteiger partial charge in [0.25, 0.3) is 0 Å². The van der Waals surface area contributed by atoms with Crippen LogP contribution in [-0.4, -0.2) is 0 Å². The van der Waals surface area contributed by atoms with Crippen LogP contribution in [-0.2, 0) is 0 Å². The van der Waals surface area contributed by atoms with E-state index in [1.165, 1.54) is 60.1 Å². The van der Waals surface area contributed by atoms with Gasteiger partial charge in [0.1, 0.15) is 0 Å². The number of fused-ring (bicyclic) bond motifs is 3. The van der Waals surface area contributed by atoms with Crippen molar-refractivity contribution in [2.45, 2.75) is 6.92 Å². The Hall–Kier alpha value is -2.86. The predicted molar refractivity (Wildman–Crippen MR) is 99.3 cm³/mol. The van der Waals surface area contributed by atoms with E-state index in [1.54, 1.807) is 0 Å². The average Bonchev–Trinajstić information content (AvgIpc) is 2.91. The summed E-state index contributed by atoms with van der Waals surface area (Å²) in [6.45, 7) is 2.22. The van der Waals surface area contributed by atoms with E-state index in [1.807, 2.05) is 0 Å². The quantitative estimate of drug-likeness (QED) is 0.279. The second kappa shape index (κ2) is 3.72. The zero-order chi connectivity index (χ0) is 15.1. The van der Waals surface area contributed by atoms with E-state index < -0.39 is 0 Å². The molecule has 0 radical (unpaired) electrons. The summed E-state index contributed by atoms with van der Waals surface area (Å²) in [7, 11) is 0. The molecule has 23 heavy (non-hydrogen) atoms. The first-order valence-corrected chi connectivity index (χ1v) is 8.14. The van der Waals surface area contributed by atoms with Crippen molar-refractivity contribution in [2.24, 2.45) is 0 Å². The maximum absolute atomic E-state index is 2.39. The van der Waals surface area contributed by atoms with Crippen LogP contribution in [0.2, 0.25) is 0 Å². The first-order valence-electron chi connectivity index (χ1n) is 8.14. The third-order valence-electron chi connectivity index (χ3n) is 5.46. The van der Waals surface area contributed by atoms with Crippen LogP contribution in [0.25, 0.3) is 54.6 Å². The molecule has 0 aromatic heterocycles. The van der Waals surface area contributed by atoms with Crippen molar-refractivity contribution in [3.8, 4) is 22.3 Å². The van der Waals surface area contributed by atoms with E-state index >= 15 is 0 Å². The van der Waals surface area contributed by atoms with E-state index in [-0.39, 0.29) is 0 Å². The smallest absolute Gasteiger partial charge is 0.00137 e. The van der Waals surface area contributed by atoms with E-state index in [0.717, 1.165) is 0 Å². The molecule has 1 aliphatic rings. The van der Waals surface area contributed by atoms with Crippen LogP contribution in [0.4, 0.5) is 0 Å². The molecule has 0 aliphatic heterocycles. The molecule has 106 valence electrons. The highest BCUT2D eigenvalue weighted by molar-refractivity contribution is 6.32. The highest BCUT2D eigenvalue weighted by Gasteiger charge is 2.24. The summed E-state index contributed by atoms with van der Waals surface area (Å²) in [6.07, 6.45) is 0. The summed E-state index contributed by atoms with van der Waals surface area (Å²) in [6, 6.07) is 24.8. The van der Waals surface area contributed by atoms with Gasteiger partial charge in [-0.25, -0.2) is 0 Å². The third-order valence-corrected chi connectivity index (χ3v) is 5.46. The van der Waals surface area contributed by atoms with Gasteiger partial charge in [-0.2, -0.15) is 0 Å². The van der Waals surface area contributed by atoms with Crippen molar-refractivity contribution in [2.75, 3.05) is 0 Å². The molecular formula is C23H14. The molecule has 5 aromatic rings. The van der Waals surface area contributed by atoms with Crippen LogP contribution in [0, 0.1) is 6.92 Å². The Bertz CT molecular complexity index is 1260. The van der Waals surface area contributed by atoms with Crippen molar-refractivity contribution in [1.29, 1.82) is 0 Å². The Labute approximate surface area is 134 Å². The number of rotatable bonds is 0. The summed E-state index contributed by atoms with van der Waals surface area (Å²) >= 11 is 0. The normalized spacial score (nSPS) is 12.6. The van der Waals surface area contributed by atoms with Gasteiger partial charge >= 0.3 is 0 Å². The summed E-state index contributed by atoms with van der Waals surface area (Å²) in [5.41, 5.74) is 6.89. The molecular weight excluding hydrogens is 276 g/mol. The molecule has 0 N–H and O–H groups in total. The van der Waals surface area contributed by atoms with Gasteiger partial charge in [-0.15, -0.1) is 0 Å². The number of aryl methyl sites for hydroxylation is 1. The van der Waals surface area contributed by atoms with Crippen molar-refractivity contribution < 1.29 is 0 Å². The van der Waals surface area contributed by atoms with E-state index in [0.29, 0.717) is 0 Å². The lowest BCUT2D eigenvalue weighted by atomic mass is 9.89. The minimum atomic E-state index is 1.35. The Balaban J connectivity index is 2.02. The second-order valence-electron chi connectivity index (χ2n) is 6.65. The van der Waals surface area contributed by atoms with Crippen molar-refractivity contribution >= 4 is 32.3 Å². The molecule has 0 saturated carbocycles. The first-order chi connectivity index (χ1) is 11.3. The van der Waals surface area contributed by atoms with Crippen LogP contribution in [0.15, 0.2) is 66.7 Å². The summed E-state index contributed by atoms with van der Waals surface area (Å²) in [4.78, 5) is 0. The second-order valence-corrected chi connectivity index (χ2v) is 6.65. The molecule has 0 spiro atoms. The summed E-state index contributed by atoms with van der Waals surface area (Å²) in [5.74, 6) is 0. The van der Waals surface area contributed by atoms with Gasteiger partial charge < -0.3 is 0 Å². The zero-order valence-electron chi connectivity index (χ0n) is 12.9. The van der Waals surface area contributed by atoms with Gasteiger partial charge in [0.05, 0.1) is 0 Å². The Kier molecular flexibility index (Phi) is 1.89. The lowest BCUT2D eigenvalue weighted by Gasteiger charge is -2.14. The Morgan fingerprint density at radius 2 is 1.30 bits per heavy atom. The molecule has 5 aromatic carbocycles. The molecule has 0 heterocycles. The van der Waals surface area contributed by atoms with Gasteiger partial charge in [0, 0.05) is 0 Å². The average molecular weight is 290 g/mol. The van der Waals surface area contributed by atoms with Gasteiger partial charge in [0.2, 0.25) is 0 Å². The van der Waals surface area contributed by atoms with E-state index in [4.69, 9.17) is 0 Å². The van der Waals surface area contributed by atoms with E-state index in [2.05, 4.69) is 73.7 Å². The molecule has 0 bridgehead atoms. The highest BCUT2D eigenvalue weighted by atomic mass is 14.3. The molecule has 0 amide bonds. The predicted octanol–water partition coefficient (Wildman–Crippen LogP) is 6.54. The maximum atomic E-state index is 2.39. The SMILES string of the molecule is Cc1cc2ccc3c4c(cc5cccc1c5c24)-c1ccccc1-3. The van der Waals surface area contributed by atoms with Crippen molar-refractivity contribution in [3.63, 3.8) is 0 Å². The summed E-state index contributed by atoms with van der Waals surface area (Å²) in [5, 5.41) is 8.40. The topological polar surface area (TPSA) is 0 Å². The Morgan fingerprint density at radius 3 is 2.17 bits per heavy atom. The van der Waals surface area contributed by atoms with Gasteiger partial charge in [-0.05, 0) is 73.1 Å². The molecule has 0 nitrogen and oxygen atoms in total. The van der Waals surface area contributed by atoms with Gasteiger partial charge in [-0.3, -0.25) is 0 Å². The lowest BCUT2D eigenvalue weighted by Crippen LogP contribution is -1.87. The minimum Gasteiger partial charge on any atom is -0.0616 e. The standard InChI is InChI=1S/C23H14/c1-13-11-15-9-10-19-17-6-2-3-7-18(17)20-12-14-5-4-8-16(13)21(14)22(15)23(19)20/h2-12H,1H3. The van der Waals surface area contributed by atoms with Crippen LogP contribution in [0.5, 0.6) is 0 Å². The molecule has 1 aliphatic carbocycles. The van der Waals surface area contributed by atoms with Crippen molar-refractivity contribution in [3.05, 3.63) is 72.3 Å². The minimum absolute atomic E-state index is 1.35. The third kappa shape index (κ3) is 1.25. The fourth-order valence-electron chi connectivity index (χ4n) is 4.51. The lowest BCUT2D eigenvalue weighted by molar-refractivity contribution is 1.56. The molecule has 0 saturated heterocycles. The van der Waals surface area contributed by atoms with Crippen LogP contribution < -0.4 is 0 Å². The first kappa shape index (κ1) is 11.7. The fourth-order valence-corrected chi connectivity index (χ4v) is 4.51. The van der Waals surface area contributed by atoms with Crippen LogP contribution in [0.3, 0.4) is 0 Å². The summed E-state index contributed by atoms with van der Waals surface area (Å²) < 4.78 is 0. The monoisotopic (exact) mass is 290 g/mol. The fraction of sp³-hybridized carbons (Fsp3) is 0.0435. The van der Waals surface area contributed by atoms with Crippen LogP contribution >= 0.6 is 0 Å². The molecule has 0 unspecified atom stereocenters. The number of hydrogen-bond donors (Lipinski definition) is 0.